The van der Waals surface area contributed by atoms with Gasteiger partial charge in [-0.3, -0.25) is 4.40 Å². The summed E-state index contributed by atoms with van der Waals surface area (Å²) in [4.78, 5) is 11.2. The van der Waals surface area contributed by atoms with Gasteiger partial charge in [-0.1, -0.05) is 24.3 Å². The van der Waals surface area contributed by atoms with E-state index >= 15 is 0 Å². The fourth-order valence-electron chi connectivity index (χ4n) is 3.19. The standard InChI is InChI=1S/C25H18N4S/c1-18-14-16-29-23(17-18)28-24(25(29)27-20-8-3-2-4-9-20)22-13-12-21(30-22)11-10-19-7-5-6-15-26-19/h2-9,12-17,27H,1H3. The van der Waals surface area contributed by atoms with E-state index in [1.54, 1.807) is 17.5 Å². The molecule has 4 nitrogen and oxygen atoms in total. The number of hydrogen-bond donors (Lipinski definition) is 1. The van der Waals surface area contributed by atoms with Gasteiger partial charge in [0, 0.05) is 18.1 Å². The fourth-order valence-corrected chi connectivity index (χ4v) is 4.04. The molecule has 0 saturated heterocycles. The molecule has 0 bridgehead atoms. The summed E-state index contributed by atoms with van der Waals surface area (Å²) in [7, 11) is 0. The fraction of sp³-hybridized carbons (Fsp3) is 0.0400. The topological polar surface area (TPSA) is 42.2 Å². The lowest BCUT2D eigenvalue weighted by Gasteiger charge is -2.08. The van der Waals surface area contributed by atoms with Crippen LogP contribution in [0.2, 0.25) is 0 Å². The van der Waals surface area contributed by atoms with Gasteiger partial charge in [0.25, 0.3) is 0 Å². The second-order valence-electron chi connectivity index (χ2n) is 6.86. The molecule has 0 saturated carbocycles. The number of benzene rings is 1. The summed E-state index contributed by atoms with van der Waals surface area (Å²) in [5.41, 5.74) is 4.80. The van der Waals surface area contributed by atoms with Crippen molar-refractivity contribution in [3.63, 3.8) is 0 Å². The van der Waals surface area contributed by atoms with Crippen LogP contribution in [0.3, 0.4) is 0 Å². The molecule has 0 atom stereocenters. The highest BCUT2D eigenvalue weighted by Gasteiger charge is 2.16. The Balaban J connectivity index is 1.56. The van der Waals surface area contributed by atoms with E-state index in [4.69, 9.17) is 4.98 Å². The number of rotatable bonds is 3. The highest BCUT2D eigenvalue weighted by atomic mass is 32.1. The molecule has 0 aliphatic heterocycles. The smallest absolute Gasteiger partial charge is 0.144 e. The summed E-state index contributed by atoms with van der Waals surface area (Å²) in [6.45, 7) is 2.08. The molecule has 0 unspecified atom stereocenters. The molecule has 4 aromatic heterocycles. The molecule has 30 heavy (non-hydrogen) atoms. The molecule has 0 fully saturated rings. The van der Waals surface area contributed by atoms with Crippen molar-refractivity contribution in [1.29, 1.82) is 0 Å². The van der Waals surface area contributed by atoms with Crippen LogP contribution >= 0.6 is 11.3 Å². The molecule has 144 valence electrons. The van der Waals surface area contributed by atoms with Crippen LogP contribution in [0, 0.1) is 18.8 Å². The predicted molar refractivity (Wildman–Crippen MR) is 123 cm³/mol. The Labute approximate surface area is 178 Å². The lowest BCUT2D eigenvalue weighted by molar-refractivity contribution is 1.17. The maximum atomic E-state index is 4.92. The Morgan fingerprint density at radius 2 is 1.80 bits per heavy atom. The molecule has 5 aromatic rings. The highest BCUT2D eigenvalue weighted by molar-refractivity contribution is 7.16. The van der Waals surface area contributed by atoms with Crippen molar-refractivity contribution < 1.29 is 0 Å². The van der Waals surface area contributed by atoms with Gasteiger partial charge in [0.2, 0.25) is 0 Å². The molecular formula is C25H18N4S. The summed E-state index contributed by atoms with van der Waals surface area (Å²) >= 11 is 1.63. The van der Waals surface area contributed by atoms with Crippen molar-refractivity contribution in [2.75, 3.05) is 5.32 Å². The molecule has 1 aromatic carbocycles. The third kappa shape index (κ3) is 3.69. The Kier molecular flexibility index (Phi) is 4.76. The molecule has 0 amide bonds. The van der Waals surface area contributed by atoms with E-state index in [0.717, 1.165) is 38.3 Å². The SMILES string of the molecule is Cc1ccn2c(Nc3ccccc3)c(-c3ccc(C#Cc4ccccn4)s3)nc2c1. The Morgan fingerprint density at radius 3 is 2.63 bits per heavy atom. The van der Waals surface area contributed by atoms with Crippen molar-refractivity contribution in [3.05, 3.63) is 101 Å². The van der Waals surface area contributed by atoms with Gasteiger partial charge in [0.15, 0.2) is 0 Å². The van der Waals surface area contributed by atoms with Crippen LogP contribution in [0.4, 0.5) is 11.5 Å². The summed E-state index contributed by atoms with van der Waals surface area (Å²) < 4.78 is 2.09. The van der Waals surface area contributed by atoms with Crippen LogP contribution in [0.25, 0.3) is 16.2 Å². The van der Waals surface area contributed by atoms with Gasteiger partial charge < -0.3 is 5.32 Å². The number of nitrogens with zero attached hydrogens (tertiary/aromatic N) is 3. The van der Waals surface area contributed by atoms with Crippen LogP contribution in [0.5, 0.6) is 0 Å². The van der Waals surface area contributed by atoms with Gasteiger partial charge in [-0.25, -0.2) is 9.97 Å². The molecule has 0 radical (unpaired) electrons. The number of anilines is 2. The van der Waals surface area contributed by atoms with Crippen molar-refractivity contribution in [3.8, 4) is 22.4 Å². The molecule has 5 rings (SSSR count). The number of aromatic nitrogens is 3. The second-order valence-corrected chi connectivity index (χ2v) is 7.94. The van der Waals surface area contributed by atoms with Gasteiger partial charge in [-0.2, -0.15) is 0 Å². The first kappa shape index (κ1) is 18.2. The Hall–Kier alpha value is -3.88. The molecule has 4 heterocycles. The lowest BCUT2D eigenvalue weighted by atomic mass is 10.3. The minimum Gasteiger partial charge on any atom is -0.339 e. The maximum Gasteiger partial charge on any atom is 0.144 e. The molecule has 5 heteroatoms. The first-order valence-electron chi connectivity index (χ1n) is 9.60. The van der Waals surface area contributed by atoms with Crippen LogP contribution in [-0.4, -0.2) is 14.4 Å². The number of pyridine rings is 2. The number of thiophene rings is 1. The average molecular weight is 407 g/mol. The van der Waals surface area contributed by atoms with E-state index in [1.165, 1.54) is 5.56 Å². The van der Waals surface area contributed by atoms with Crippen molar-refractivity contribution >= 4 is 28.5 Å². The van der Waals surface area contributed by atoms with E-state index in [9.17, 15) is 0 Å². The van der Waals surface area contributed by atoms with Crippen LogP contribution in [0.15, 0.2) is 85.2 Å². The summed E-state index contributed by atoms with van der Waals surface area (Å²) in [6.07, 6.45) is 3.81. The quantitative estimate of drug-likeness (QED) is 0.379. The van der Waals surface area contributed by atoms with Crippen molar-refractivity contribution in [1.82, 2.24) is 14.4 Å². The average Bonchev–Trinajstić information content (AvgIpc) is 3.38. The van der Waals surface area contributed by atoms with E-state index in [0.29, 0.717) is 0 Å². The van der Waals surface area contributed by atoms with Gasteiger partial charge in [-0.05, 0) is 72.9 Å². The maximum absolute atomic E-state index is 4.92. The first-order chi connectivity index (χ1) is 14.8. The Morgan fingerprint density at radius 1 is 0.933 bits per heavy atom. The van der Waals surface area contributed by atoms with Gasteiger partial charge in [0.1, 0.15) is 22.9 Å². The summed E-state index contributed by atoms with van der Waals surface area (Å²) in [6, 6.07) is 24.2. The molecule has 0 aliphatic rings. The summed E-state index contributed by atoms with van der Waals surface area (Å²) in [5, 5.41) is 3.54. The lowest BCUT2D eigenvalue weighted by Crippen LogP contribution is -1.96. The second kappa shape index (κ2) is 7.86. The normalized spacial score (nSPS) is 10.6. The van der Waals surface area contributed by atoms with Crippen LogP contribution < -0.4 is 5.32 Å². The highest BCUT2D eigenvalue weighted by Crippen LogP contribution is 2.35. The van der Waals surface area contributed by atoms with Crippen molar-refractivity contribution in [2.45, 2.75) is 6.92 Å². The minimum absolute atomic E-state index is 0.766. The minimum atomic E-state index is 0.766. The third-order valence-corrected chi connectivity index (χ3v) is 5.64. The zero-order valence-corrected chi connectivity index (χ0v) is 17.1. The monoisotopic (exact) mass is 406 g/mol. The molecule has 1 N–H and O–H groups in total. The summed E-state index contributed by atoms with van der Waals surface area (Å²) in [5.74, 6) is 7.28. The number of aryl methyl sites for hydroxylation is 1. The number of para-hydroxylation sites is 1. The van der Waals surface area contributed by atoms with Crippen LogP contribution in [0.1, 0.15) is 16.1 Å². The zero-order valence-electron chi connectivity index (χ0n) is 16.3. The number of hydrogen-bond acceptors (Lipinski definition) is 4. The van der Waals surface area contributed by atoms with Gasteiger partial charge >= 0.3 is 0 Å². The molecule has 0 aliphatic carbocycles. The third-order valence-electron chi connectivity index (χ3n) is 4.64. The molecular weight excluding hydrogens is 388 g/mol. The van der Waals surface area contributed by atoms with E-state index < -0.39 is 0 Å². The molecule has 0 spiro atoms. The number of fused-ring (bicyclic) bond motifs is 1. The predicted octanol–water partition coefficient (Wildman–Crippen LogP) is 5.91. The number of imidazole rings is 1. The Bertz CT molecular complexity index is 1370. The number of nitrogens with one attached hydrogen (secondary N) is 1. The zero-order chi connectivity index (χ0) is 20.3. The van der Waals surface area contributed by atoms with Gasteiger partial charge in [-0.15, -0.1) is 11.3 Å². The largest absolute Gasteiger partial charge is 0.339 e. The van der Waals surface area contributed by atoms with Crippen LogP contribution in [-0.2, 0) is 0 Å². The van der Waals surface area contributed by atoms with Crippen molar-refractivity contribution in [2.24, 2.45) is 0 Å². The van der Waals surface area contributed by atoms with E-state index in [2.05, 4.69) is 70.0 Å². The van der Waals surface area contributed by atoms with Gasteiger partial charge in [0.05, 0.1) is 9.75 Å². The van der Waals surface area contributed by atoms with E-state index in [1.807, 2.05) is 42.5 Å². The first-order valence-corrected chi connectivity index (χ1v) is 10.4. The van der Waals surface area contributed by atoms with E-state index in [-0.39, 0.29) is 0 Å².